The molecule has 0 saturated carbocycles. The van der Waals surface area contributed by atoms with Crippen molar-refractivity contribution in [1.29, 1.82) is 0 Å². The predicted octanol–water partition coefficient (Wildman–Crippen LogP) is 4.69. The molecule has 0 aromatic carbocycles. The SMILES string of the molecule is C#CC(CCCC)[Si](C)(C)C(C)(C)C. The molecule has 0 spiro atoms. The van der Waals surface area contributed by atoms with E-state index in [4.69, 9.17) is 6.42 Å². The maximum Gasteiger partial charge on any atom is 0.0695 e. The molecule has 0 bridgehead atoms. The average Bonchev–Trinajstić information content (AvgIpc) is 2.03. The smallest absolute Gasteiger partial charge is 0.0695 e. The normalized spacial score (nSPS) is 14.9. The molecule has 1 heteroatoms. The molecule has 0 N–H and O–H groups in total. The van der Waals surface area contributed by atoms with E-state index in [-0.39, 0.29) is 0 Å². The number of hydrogen-bond acceptors (Lipinski definition) is 0. The van der Waals surface area contributed by atoms with Gasteiger partial charge >= 0.3 is 0 Å². The monoisotopic (exact) mass is 210 g/mol. The zero-order valence-corrected chi connectivity index (χ0v) is 11.8. The van der Waals surface area contributed by atoms with Crippen molar-refractivity contribution in [1.82, 2.24) is 0 Å². The van der Waals surface area contributed by atoms with Crippen molar-refractivity contribution < 1.29 is 0 Å². The topological polar surface area (TPSA) is 0 Å². The standard InChI is InChI=1S/C13H26Si/c1-8-10-11-12(9-2)14(6,7)13(3,4)5/h2,12H,8,10-11H2,1,3-7H3. The van der Waals surface area contributed by atoms with Crippen LogP contribution in [0.5, 0.6) is 0 Å². The Bertz CT molecular complexity index is 202. The fourth-order valence-corrected chi connectivity index (χ4v) is 3.97. The van der Waals surface area contributed by atoms with Gasteiger partial charge in [0.15, 0.2) is 0 Å². The van der Waals surface area contributed by atoms with E-state index in [0.717, 1.165) is 0 Å². The molecule has 0 rings (SSSR count). The molecule has 0 amide bonds. The van der Waals surface area contributed by atoms with E-state index in [0.29, 0.717) is 10.6 Å². The summed E-state index contributed by atoms with van der Waals surface area (Å²) in [5.41, 5.74) is 0.544. The van der Waals surface area contributed by atoms with Gasteiger partial charge in [-0.1, -0.05) is 53.6 Å². The van der Waals surface area contributed by atoms with Crippen LogP contribution in [0.25, 0.3) is 0 Å². The molecule has 0 aromatic rings. The average molecular weight is 210 g/mol. The summed E-state index contributed by atoms with van der Waals surface area (Å²) in [6.45, 7) is 14.1. The number of terminal acetylenes is 1. The summed E-state index contributed by atoms with van der Waals surface area (Å²) in [5, 5.41) is 0.414. The van der Waals surface area contributed by atoms with Gasteiger partial charge in [-0.05, 0) is 11.5 Å². The second-order valence-electron chi connectivity index (χ2n) is 5.83. The first kappa shape index (κ1) is 13.8. The van der Waals surface area contributed by atoms with Crippen LogP contribution in [0.15, 0.2) is 0 Å². The third-order valence-corrected chi connectivity index (χ3v) is 9.92. The van der Waals surface area contributed by atoms with E-state index >= 15 is 0 Å². The van der Waals surface area contributed by atoms with E-state index < -0.39 is 8.07 Å². The Morgan fingerprint density at radius 1 is 1.29 bits per heavy atom. The van der Waals surface area contributed by atoms with Crippen LogP contribution in [0, 0.1) is 12.3 Å². The van der Waals surface area contributed by atoms with Gasteiger partial charge in [-0.3, -0.25) is 0 Å². The highest BCUT2D eigenvalue weighted by Gasteiger charge is 2.40. The minimum atomic E-state index is -1.31. The Morgan fingerprint density at radius 2 is 1.79 bits per heavy atom. The van der Waals surface area contributed by atoms with Gasteiger partial charge in [-0.15, -0.1) is 12.3 Å². The zero-order valence-electron chi connectivity index (χ0n) is 10.8. The number of rotatable bonds is 4. The lowest BCUT2D eigenvalue weighted by Crippen LogP contribution is -2.41. The molecular weight excluding hydrogens is 184 g/mol. The van der Waals surface area contributed by atoms with Crippen LogP contribution in [-0.4, -0.2) is 8.07 Å². The van der Waals surface area contributed by atoms with Gasteiger partial charge in [-0.2, -0.15) is 0 Å². The molecule has 0 heterocycles. The number of hydrogen-bond donors (Lipinski definition) is 0. The van der Waals surface area contributed by atoms with Gasteiger partial charge in [0, 0.05) is 5.54 Å². The fourth-order valence-electron chi connectivity index (χ4n) is 1.58. The Morgan fingerprint density at radius 3 is 2.07 bits per heavy atom. The molecule has 0 aliphatic rings. The highest BCUT2D eigenvalue weighted by Crippen LogP contribution is 2.44. The Labute approximate surface area is 91.5 Å². The first-order valence-electron chi connectivity index (χ1n) is 5.73. The van der Waals surface area contributed by atoms with Gasteiger partial charge < -0.3 is 0 Å². The second-order valence-corrected chi connectivity index (χ2v) is 11.5. The Balaban J connectivity index is 4.60. The zero-order chi connectivity index (χ0) is 11.4. The molecule has 0 aliphatic carbocycles. The summed E-state index contributed by atoms with van der Waals surface area (Å²) in [4.78, 5) is 0. The molecule has 0 aliphatic heterocycles. The molecule has 1 atom stereocenters. The quantitative estimate of drug-likeness (QED) is 0.466. The molecule has 82 valence electrons. The van der Waals surface area contributed by atoms with E-state index in [9.17, 15) is 0 Å². The lowest BCUT2D eigenvalue weighted by molar-refractivity contribution is 0.662. The summed E-state index contributed by atoms with van der Waals surface area (Å²) in [7, 11) is -1.31. The molecule has 0 nitrogen and oxygen atoms in total. The van der Waals surface area contributed by atoms with E-state index in [1.165, 1.54) is 19.3 Å². The molecule has 0 aromatic heterocycles. The predicted molar refractivity (Wildman–Crippen MR) is 69.3 cm³/mol. The maximum absolute atomic E-state index is 5.68. The number of unbranched alkanes of at least 4 members (excludes halogenated alkanes) is 1. The van der Waals surface area contributed by atoms with Crippen LogP contribution in [0.3, 0.4) is 0 Å². The molecule has 0 saturated heterocycles. The summed E-state index contributed by atoms with van der Waals surface area (Å²) >= 11 is 0. The lowest BCUT2D eigenvalue weighted by atomic mass is 10.2. The molecular formula is C13H26Si. The third kappa shape index (κ3) is 3.17. The summed E-state index contributed by atoms with van der Waals surface area (Å²) in [6.07, 6.45) is 9.44. The van der Waals surface area contributed by atoms with Crippen molar-refractivity contribution in [2.24, 2.45) is 0 Å². The minimum Gasteiger partial charge on any atom is -0.120 e. The Hall–Kier alpha value is -0.223. The largest absolute Gasteiger partial charge is 0.120 e. The van der Waals surface area contributed by atoms with Crippen LogP contribution >= 0.6 is 0 Å². The lowest BCUT2D eigenvalue weighted by Gasteiger charge is -2.41. The summed E-state index contributed by atoms with van der Waals surface area (Å²) in [6, 6.07) is 0. The second kappa shape index (κ2) is 5.03. The van der Waals surface area contributed by atoms with Crippen molar-refractivity contribution in [2.45, 2.75) is 70.6 Å². The van der Waals surface area contributed by atoms with Gasteiger partial charge in [0.05, 0.1) is 8.07 Å². The van der Waals surface area contributed by atoms with Gasteiger partial charge in [0.2, 0.25) is 0 Å². The molecule has 14 heavy (non-hydrogen) atoms. The fraction of sp³-hybridized carbons (Fsp3) is 0.846. The first-order valence-corrected chi connectivity index (χ1v) is 8.81. The van der Waals surface area contributed by atoms with Gasteiger partial charge in [0.25, 0.3) is 0 Å². The van der Waals surface area contributed by atoms with E-state index in [1.54, 1.807) is 0 Å². The van der Waals surface area contributed by atoms with Gasteiger partial charge in [-0.25, -0.2) is 0 Å². The van der Waals surface area contributed by atoms with Crippen molar-refractivity contribution in [3.8, 4) is 12.3 Å². The highest BCUT2D eigenvalue weighted by atomic mass is 28.3. The van der Waals surface area contributed by atoms with Crippen molar-refractivity contribution >= 4 is 8.07 Å². The minimum absolute atomic E-state index is 0.414. The van der Waals surface area contributed by atoms with Crippen LogP contribution in [0.4, 0.5) is 0 Å². The third-order valence-electron chi connectivity index (χ3n) is 3.85. The van der Waals surface area contributed by atoms with Crippen LogP contribution in [-0.2, 0) is 0 Å². The van der Waals surface area contributed by atoms with Crippen LogP contribution in [0.1, 0.15) is 47.0 Å². The van der Waals surface area contributed by atoms with E-state index in [1.807, 2.05) is 0 Å². The molecule has 0 fully saturated rings. The highest BCUT2D eigenvalue weighted by molar-refractivity contribution is 6.82. The van der Waals surface area contributed by atoms with Gasteiger partial charge in [0.1, 0.15) is 0 Å². The summed E-state index contributed by atoms with van der Waals surface area (Å²) in [5.74, 6) is 3.05. The molecule has 0 radical (unpaired) electrons. The van der Waals surface area contributed by atoms with Crippen LogP contribution in [0.2, 0.25) is 23.7 Å². The van der Waals surface area contributed by atoms with Crippen molar-refractivity contribution in [3.63, 3.8) is 0 Å². The first-order chi connectivity index (χ1) is 6.27. The molecule has 1 unspecified atom stereocenters. The van der Waals surface area contributed by atoms with Crippen molar-refractivity contribution in [3.05, 3.63) is 0 Å². The van der Waals surface area contributed by atoms with Crippen LogP contribution < -0.4 is 0 Å². The Kier molecular flexibility index (Phi) is 4.95. The van der Waals surface area contributed by atoms with Crippen molar-refractivity contribution in [2.75, 3.05) is 0 Å². The summed E-state index contributed by atoms with van der Waals surface area (Å²) < 4.78 is 0. The maximum atomic E-state index is 5.68. The van der Waals surface area contributed by atoms with E-state index in [2.05, 4.69) is 46.7 Å².